The minimum absolute atomic E-state index is 0.0714. The summed E-state index contributed by atoms with van der Waals surface area (Å²) in [7, 11) is 0. The Bertz CT molecular complexity index is 303. The van der Waals surface area contributed by atoms with Crippen molar-refractivity contribution in [2.24, 2.45) is 5.92 Å². The maximum atomic E-state index is 10.4. The SMILES string of the molecule is CCC1CCC(O)C(N2CCC(N3CCCCC3)C2)C1. The van der Waals surface area contributed by atoms with Crippen molar-refractivity contribution in [2.75, 3.05) is 26.2 Å². The molecule has 0 bridgehead atoms. The molecule has 0 aromatic carbocycles. The van der Waals surface area contributed by atoms with Crippen LogP contribution in [0, 0.1) is 5.92 Å². The van der Waals surface area contributed by atoms with Crippen molar-refractivity contribution >= 4 is 0 Å². The summed E-state index contributed by atoms with van der Waals surface area (Å²) in [6, 6.07) is 1.22. The van der Waals surface area contributed by atoms with Gasteiger partial charge in [0.25, 0.3) is 0 Å². The van der Waals surface area contributed by atoms with Crippen molar-refractivity contribution in [1.29, 1.82) is 0 Å². The summed E-state index contributed by atoms with van der Waals surface area (Å²) in [6.07, 6.45) is 10.2. The van der Waals surface area contributed by atoms with Gasteiger partial charge < -0.3 is 5.11 Å². The Morgan fingerprint density at radius 2 is 1.75 bits per heavy atom. The second-order valence-corrected chi connectivity index (χ2v) is 7.26. The van der Waals surface area contributed by atoms with Gasteiger partial charge in [-0.15, -0.1) is 0 Å². The number of hydrogen-bond donors (Lipinski definition) is 1. The molecule has 2 saturated heterocycles. The Morgan fingerprint density at radius 3 is 2.50 bits per heavy atom. The van der Waals surface area contributed by atoms with E-state index >= 15 is 0 Å². The van der Waals surface area contributed by atoms with Crippen LogP contribution in [-0.2, 0) is 0 Å². The Hall–Kier alpha value is -0.120. The number of aliphatic hydroxyl groups excluding tert-OH is 1. The molecule has 3 fully saturated rings. The van der Waals surface area contributed by atoms with Gasteiger partial charge in [-0.05, 0) is 57.5 Å². The quantitative estimate of drug-likeness (QED) is 0.860. The lowest BCUT2D eigenvalue weighted by atomic mass is 9.82. The highest BCUT2D eigenvalue weighted by molar-refractivity contribution is 4.93. The smallest absolute Gasteiger partial charge is 0.0695 e. The zero-order valence-corrected chi connectivity index (χ0v) is 13.1. The summed E-state index contributed by atoms with van der Waals surface area (Å²) >= 11 is 0. The number of rotatable bonds is 3. The Labute approximate surface area is 124 Å². The summed E-state index contributed by atoms with van der Waals surface area (Å²) in [4.78, 5) is 5.34. The molecular weight excluding hydrogens is 248 g/mol. The molecule has 3 aliphatic rings. The van der Waals surface area contributed by atoms with E-state index in [1.54, 1.807) is 0 Å². The van der Waals surface area contributed by atoms with Crippen molar-refractivity contribution in [2.45, 2.75) is 76.5 Å². The molecule has 1 N–H and O–H groups in total. The lowest BCUT2D eigenvalue weighted by Gasteiger charge is -2.39. The van der Waals surface area contributed by atoms with Crippen molar-refractivity contribution in [1.82, 2.24) is 9.80 Å². The van der Waals surface area contributed by atoms with E-state index in [1.165, 1.54) is 71.1 Å². The lowest BCUT2D eigenvalue weighted by molar-refractivity contribution is 0.00894. The van der Waals surface area contributed by atoms with Crippen LogP contribution < -0.4 is 0 Å². The van der Waals surface area contributed by atoms with E-state index in [-0.39, 0.29) is 6.10 Å². The molecule has 0 aromatic rings. The van der Waals surface area contributed by atoms with Gasteiger partial charge in [-0.1, -0.05) is 19.8 Å². The van der Waals surface area contributed by atoms with E-state index in [4.69, 9.17) is 0 Å². The van der Waals surface area contributed by atoms with Gasteiger partial charge in [-0.3, -0.25) is 9.80 Å². The molecule has 2 heterocycles. The second kappa shape index (κ2) is 6.76. The van der Waals surface area contributed by atoms with Crippen molar-refractivity contribution in [3.05, 3.63) is 0 Å². The number of hydrogen-bond acceptors (Lipinski definition) is 3. The van der Waals surface area contributed by atoms with Gasteiger partial charge in [0.15, 0.2) is 0 Å². The molecule has 2 aliphatic heterocycles. The van der Waals surface area contributed by atoms with Gasteiger partial charge in [0.2, 0.25) is 0 Å². The topological polar surface area (TPSA) is 26.7 Å². The molecule has 0 spiro atoms. The number of nitrogens with zero attached hydrogens (tertiary/aromatic N) is 2. The Morgan fingerprint density at radius 1 is 0.950 bits per heavy atom. The molecule has 4 atom stereocenters. The van der Waals surface area contributed by atoms with Crippen LogP contribution in [0.1, 0.15) is 58.3 Å². The molecule has 0 radical (unpaired) electrons. The monoisotopic (exact) mass is 280 g/mol. The molecule has 3 rings (SSSR count). The van der Waals surface area contributed by atoms with Crippen LogP contribution in [0.2, 0.25) is 0 Å². The first kappa shape index (κ1) is 14.8. The molecule has 20 heavy (non-hydrogen) atoms. The molecule has 4 unspecified atom stereocenters. The van der Waals surface area contributed by atoms with Crippen molar-refractivity contribution < 1.29 is 5.11 Å². The van der Waals surface area contributed by atoms with E-state index in [9.17, 15) is 5.11 Å². The summed E-state index contributed by atoms with van der Waals surface area (Å²) in [5.41, 5.74) is 0. The summed E-state index contributed by atoms with van der Waals surface area (Å²) in [5, 5.41) is 10.4. The molecule has 116 valence electrons. The van der Waals surface area contributed by atoms with Crippen LogP contribution in [0.15, 0.2) is 0 Å². The Kier molecular flexibility index (Phi) is 5.00. The average molecular weight is 280 g/mol. The van der Waals surface area contributed by atoms with E-state index in [0.717, 1.165) is 18.4 Å². The minimum atomic E-state index is -0.0714. The molecule has 1 aliphatic carbocycles. The average Bonchev–Trinajstić information content (AvgIpc) is 2.98. The standard InChI is InChI=1S/C17H32N2O/c1-2-14-6-7-17(20)16(12-14)19-11-8-15(13-19)18-9-4-3-5-10-18/h14-17,20H,2-13H2,1H3. The largest absolute Gasteiger partial charge is 0.391 e. The van der Waals surface area contributed by atoms with Crippen LogP contribution in [0.4, 0.5) is 0 Å². The van der Waals surface area contributed by atoms with E-state index < -0.39 is 0 Å². The molecule has 0 amide bonds. The number of piperidine rings is 1. The summed E-state index contributed by atoms with van der Waals surface area (Å²) < 4.78 is 0. The number of likely N-dealkylation sites (tertiary alicyclic amines) is 2. The minimum Gasteiger partial charge on any atom is -0.391 e. The van der Waals surface area contributed by atoms with Gasteiger partial charge in [-0.2, -0.15) is 0 Å². The zero-order chi connectivity index (χ0) is 13.9. The van der Waals surface area contributed by atoms with Crippen LogP contribution in [0.5, 0.6) is 0 Å². The first-order chi connectivity index (χ1) is 9.78. The maximum absolute atomic E-state index is 10.4. The first-order valence-electron chi connectivity index (χ1n) is 8.94. The van der Waals surface area contributed by atoms with Gasteiger partial charge in [0.05, 0.1) is 6.10 Å². The highest BCUT2D eigenvalue weighted by atomic mass is 16.3. The van der Waals surface area contributed by atoms with Crippen molar-refractivity contribution in [3.63, 3.8) is 0 Å². The van der Waals surface area contributed by atoms with Gasteiger partial charge in [0, 0.05) is 25.2 Å². The van der Waals surface area contributed by atoms with Gasteiger partial charge in [-0.25, -0.2) is 0 Å². The summed E-state index contributed by atoms with van der Waals surface area (Å²) in [5.74, 6) is 0.845. The molecule has 3 nitrogen and oxygen atoms in total. The first-order valence-corrected chi connectivity index (χ1v) is 8.94. The fraction of sp³-hybridized carbons (Fsp3) is 1.00. The van der Waals surface area contributed by atoms with Crippen LogP contribution in [0.3, 0.4) is 0 Å². The molecule has 3 heteroatoms. The van der Waals surface area contributed by atoms with E-state index in [1.807, 2.05) is 0 Å². The Balaban J connectivity index is 1.55. The van der Waals surface area contributed by atoms with Crippen LogP contribution in [-0.4, -0.2) is 59.3 Å². The third kappa shape index (κ3) is 3.20. The van der Waals surface area contributed by atoms with Gasteiger partial charge >= 0.3 is 0 Å². The van der Waals surface area contributed by atoms with Crippen LogP contribution >= 0.6 is 0 Å². The maximum Gasteiger partial charge on any atom is 0.0695 e. The summed E-state index contributed by atoms with van der Waals surface area (Å²) in [6.45, 7) is 7.34. The van der Waals surface area contributed by atoms with E-state index in [2.05, 4.69) is 16.7 Å². The lowest BCUT2D eigenvalue weighted by Crippen LogP contribution is -2.48. The highest BCUT2D eigenvalue weighted by Crippen LogP contribution is 2.32. The molecule has 0 aromatic heterocycles. The molecular formula is C17H32N2O. The third-order valence-electron chi connectivity index (χ3n) is 6.04. The predicted octanol–water partition coefficient (Wildman–Crippen LogP) is 2.49. The normalized spacial score (nSPS) is 41.1. The predicted molar refractivity (Wildman–Crippen MR) is 82.8 cm³/mol. The fourth-order valence-corrected chi connectivity index (χ4v) is 4.63. The van der Waals surface area contributed by atoms with Gasteiger partial charge in [0.1, 0.15) is 0 Å². The number of aliphatic hydroxyl groups is 1. The fourth-order valence-electron chi connectivity index (χ4n) is 4.63. The highest BCUT2D eigenvalue weighted by Gasteiger charge is 2.37. The molecule has 1 saturated carbocycles. The second-order valence-electron chi connectivity index (χ2n) is 7.26. The third-order valence-corrected chi connectivity index (χ3v) is 6.04. The van der Waals surface area contributed by atoms with Crippen molar-refractivity contribution in [3.8, 4) is 0 Å². The zero-order valence-electron chi connectivity index (χ0n) is 13.1. The van der Waals surface area contributed by atoms with E-state index in [0.29, 0.717) is 6.04 Å². The van der Waals surface area contributed by atoms with Crippen LogP contribution in [0.25, 0.3) is 0 Å².